The van der Waals surface area contributed by atoms with Gasteiger partial charge in [-0.25, -0.2) is 9.59 Å². The van der Waals surface area contributed by atoms with Crippen LogP contribution in [0.4, 0.5) is 0 Å². The van der Waals surface area contributed by atoms with Crippen molar-refractivity contribution in [1.29, 1.82) is 0 Å². The van der Waals surface area contributed by atoms with Gasteiger partial charge in [-0.3, -0.25) is 0 Å². The van der Waals surface area contributed by atoms with Gasteiger partial charge in [-0.2, -0.15) is 0 Å². The van der Waals surface area contributed by atoms with E-state index in [-0.39, 0.29) is 22.6 Å². The highest BCUT2D eigenvalue weighted by atomic mass is 16.4. The average Bonchev–Trinajstić information content (AvgIpc) is 2.62. The summed E-state index contributed by atoms with van der Waals surface area (Å²) in [5.41, 5.74) is 4.46. The molecule has 6 heteroatoms. The highest BCUT2D eigenvalue weighted by molar-refractivity contribution is 5.93. The fourth-order valence-electron chi connectivity index (χ4n) is 3.20. The quantitative estimate of drug-likeness (QED) is 0.533. The molecule has 0 fully saturated rings. The molecule has 0 saturated heterocycles. The third-order valence-electron chi connectivity index (χ3n) is 4.65. The van der Waals surface area contributed by atoms with Gasteiger partial charge in [0.15, 0.2) is 0 Å². The lowest BCUT2D eigenvalue weighted by molar-refractivity contribution is 0.0682. The van der Waals surface area contributed by atoms with Crippen LogP contribution in [0.3, 0.4) is 0 Å². The predicted octanol–water partition coefficient (Wildman–Crippen LogP) is 4.45. The second kappa shape index (κ2) is 7.08. The SMILES string of the molecule is Cc1cc(-c2ccc(C(=O)O)c(O)c2)c(C)cc1-c1ccc(C(=O)O)c(O)c1. The Balaban J connectivity index is 2.07. The maximum Gasteiger partial charge on any atom is 0.339 e. The molecule has 28 heavy (non-hydrogen) atoms. The Hall–Kier alpha value is -3.80. The van der Waals surface area contributed by atoms with Crippen LogP contribution in [0, 0.1) is 13.8 Å². The van der Waals surface area contributed by atoms with Crippen molar-refractivity contribution in [3.05, 3.63) is 70.8 Å². The molecule has 0 aliphatic rings. The van der Waals surface area contributed by atoms with Crippen LogP contribution in [-0.4, -0.2) is 32.4 Å². The second-order valence-corrected chi connectivity index (χ2v) is 6.56. The molecular formula is C22H18O6. The maximum atomic E-state index is 11.1. The summed E-state index contributed by atoms with van der Waals surface area (Å²) >= 11 is 0. The van der Waals surface area contributed by atoms with Gasteiger partial charge in [0.1, 0.15) is 22.6 Å². The molecule has 3 rings (SSSR count). The standard InChI is InChI=1S/C22H18O6/c1-11-7-18(14-4-6-16(22(27)28)20(24)10-14)12(2)8-17(11)13-3-5-15(21(25)26)19(23)9-13/h3-10,23-24H,1-2H3,(H,25,26)(H,27,28). The van der Waals surface area contributed by atoms with Crippen molar-refractivity contribution in [2.24, 2.45) is 0 Å². The van der Waals surface area contributed by atoms with E-state index in [9.17, 15) is 19.8 Å². The summed E-state index contributed by atoms with van der Waals surface area (Å²) in [6, 6.07) is 12.6. The summed E-state index contributed by atoms with van der Waals surface area (Å²) in [5, 5.41) is 38.0. The molecular weight excluding hydrogens is 360 g/mol. The van der Waals surface area contributed by atoms with E-state index in [1.807, 2.05) is 26.0 Å². The Labute approximate surface area is 161 Å². The van der Waals surface area contributed by atoms with Gasteiger partial charge in [-0.15, -0.1) is 0 Å². The Morgan fingerprint density at radius 2 is 1.00 bits per heavy atom. The number of aromatic hydroxyl groups is 2. The minimum atomic E-state index is -1.20. The summed E-state index contributed by atoms with van der Waals surface area (Å²) in [5.74, 6) is -3.01. The van der Waals surface area contributed by atoms with Crippen LogP contribution in [-0.2, 0) is 0 Å². The molecule has 0 aliphatic heterocycles. The van der Waals surface area contributed by atoms with Crippen LogP contribution in [0.15, 0.2) is 48.5 Å². The molecule has 0 aromatic heterocycles. The largest absolute Gasteiger partial charge is 0.507 e. The van der Waals surface area contributed by atoms with Gasteiger partial charge in [0.05, 0.1) is 0 Å². The van der Waals surface area contributed by atoms with Crippen LogP contribution in [0.1, 0.15) is 31.8 Å². The zero-order valence-electron chi connectivity index (χ0n) is 15.2. The summed E-state index contributed by atoms with van der Waals surface area (Å²) in [6.07, 6.45) is 0. The number of phenols is 2. The number of hydrogen-bond donors (Lipinski definition) is 4. The number of benzene rings is 3. The van der Waals surface area contributed by atoms with E-state index in [1.54, 1.807) is 12.1 Å². The lowest BCUT2D eigenvalue weighted by Crippen LogP contribution is -1.98. The third-order valence-corrected chi connectivity index (χ3v) is 4.65. The van der Waals surface area contributed by atoms with Crippen LogP contribution in [0.25, 0.3) is 22.3 Å². The van der Waals surface area contributed by atoms with Gasteiger partial charge in [-0.1, -0.05) is 24.3 Å². The van der Waals surface area contributed by atoms with Crippen LogP contribution in [0.5, 0.6) is 11.5 Å². The molecule has 3 aromatic rings. The first-order valence-electron chi connectivity index (χ1n) is 8.43. The molecule has 0 saturated carbocycles. The maximum absolute atomic E-state index is 11.1. The fourth-order valence-corrected chi connectivity index (χ4v) is 3.20. The molecule has 0 atom stereocenters. The minimum Gasteiger partial charge on any atom is -0.507 e. The number of carbonyl (C=O) groups is 2. The van der Waals surface area contributed by atoms with E-state index in [0.29, 0.717) is 11.1 Å². The van der Waals surface area contributed by atoms with Gasteiger partial charge in [0, 0.05) is 0 Å². The predicted molar refractivity (Wildman–Crippen MR) is 104 cm³/mol. The highest BCUT2D eigenvalue weighted by Gasteiger charge is 2.15. The van der Waals surface area contributed by atoms with Crippen molar-refractivity contribution < 1.29 is 30.0 Å². The average molecular weight is 378 g/mol. The fraction of sp³-hybridized carbons (Fsp3) is 0.0909. The monoisotopic (exact) mass is 378 g/mol. The van der Waals surface area contributed by atoms with Crippen molar-refractivity contribution >= 4 is 11.9 Å². The summed E-state index contributed by atoms with van der Waals surface area (Å²) in [6.45, 7) is 3.76. The number of carboxylic acid groups (broad SMARTS) is 2. The van der Waals surface area contributed by atoms with Gasteiger partial charge < -0.3 is 20.4 Å². The Kier molecular flexibility index (Phi) is 4.79. The molecule has 6 nitrogen and oxygen atoms in total. The molecule has 0 spiro atoms. The van der Waals surface area contributed by atoms with Crippen molar-refractivity contribution in [1.82, 2.24) is 0 Å². The number of rotatable bonds is 4. The zero-order valence-corrected chi connectivity index (χ0v) is 15.2. The molecule has 0 aliphatic carbocycles. The van der Waals surface area contributed by atoms with Crippen LogP contribution >= 0.6 is 0 Å². The number of carboxylic acids is 2. The summed E-state index contributed by atoms with van der Waals surface area (Å²) in [4.78, 5) is 22.1. The third kappa shape index (κ3) is 3.40. The lowest BCUT2D eigenvalue weighted by Gasteiger charge is -2.14. The van der Waals surface area contributed by atoms with Crippen LogP contribution in [0.2, 0.25) is 0 Å². The number of aromatic carboxylic acids is 2. The second-order valence-electron chi connectivity index (χ2n) is 6.56. The Morgan fingerprint density at radius 3 is 1.29 bits per heavy atom. The van der Waals surface area contributed by atoms with Gasteiger partial charge >= 0.3 is 11.9 Å². The number of hydrogen-bond acceptors (Lipinski definition) is 4. The van der Waals surface area contributed by atoms with E-state index in [2.05, 4.69) is 0 Å². The molecule has 142 valence electrons. The van der Waals surface area contributed by atoms with Crippen molar-refractivity contribution in [3.63, 3.8) is 0 Å². The number of aryl methyl sites for hydroxylation is 2. The topological polar surface area (TPSA) is 115 Å². The summed E-state index contributed by atoms with van der Waals surface area (Å²) in [7, 11) is 0. The van der Waals surface area contributed by atoms with E-state index in [0.717, 1.165) is 22.3 Å². The highest BCUT2D eigenvalue weighted by Crippen LogP contribution is 2.35. The van der Waals surface area contributed by atoms with Crippen molar-refractivity contribution in [3.8, 4) is 33.8 Å². The smallest absolute Gasteiger partial charge is 0.339 e. The van der Waals surface area contributed by atoms with E-state index < -0.39 is 11.9 Å². The van der Waals surface area contributed by atoms with Gasteiger partial charge in [-0.05, 0) is 71.5 Å². The van der Waals surface area contributed by atoms with E-state index in [4.69, 9.17) is 10.2 Å². The Bertz CT molecular complexity index is 1030. The minimum absolute atomic E-state index is 0.163. The first kappa shape index (κ1) is 19.0. The Morgan fingerprint density at radius 1 is 0.643 bits per heavy atom. The molecule has 4 N–H and O–H groups in total. The molecule has 3 aromatic carbocycles. The molecule has 0 unspecified atom stereocenters. The first-order chi connectivity index (χ1) is 13.2. The molecule has 0 radical (unpaired) electrons. The van der Waals surface area contributed by atoms with Gasteiger partial charge in [0.2, 0.25) is 0 Å². The normalized spacial score (nSPS) is 10.6. The molecule has 0 amide bonds. The van der Waals surface area contributed by atoms with Crippen molar-refractivity contribution in [2.45, 2.75) is 13.8 Å². The van der Waals surface area contributed by atoms with E-state index in [1.165, 1.54) is 24.3 Å². The zero-order chi connectivity index (χ0) is 20.6. The van der Waals surface area contributed by atoms with E-state index >= 15 is 0 Å². The molecule has 0 heterocycles. The lowest BCUT2D eigenvalue weighted by atomic mass is 9.91. The van der Waals surface area contributed by atoms with Crippen molar-refractivity contribution in [2.75, 3.05) is 0 Å². The first-order valence-corrected chi connectivity index (χ1v) is 8.43. The van der Waals surface area contributed by atoms with Crippen LogP contribution < -0.4 is 0 Å². The van der Waals surface area contributed by atoms with Gasteiger partial charge in [0.25, 0.3) is 0 Å². The summed E-state index contributed by atoms with van der Waals surface area (Å²) < 4.78 is 0. The molecule has 0 bridgehead atoms.